The van der Waals surface area contributed by atoms with Gasteiger partial charge in [-0.2, -0.15) is 5.10 Å². The number of hydrogen-bond acceptors (Lipinski definition) is 6. The molecule has 0 spiro atoms. The van der Waals surface area contributed by atoms with Crippen molar-refractivity contribution in [3.63, 3.8) is 0 Å². The number of aromatic nitrogens is 4. The van der Waals surface area contributed by atoms with E-state index in [-0.39, 0.29) is 6.04 Å². The van der Waals surface area contributed by atoms with Crippen molar-refractivity contribution in [2.75, 3.05) is 0 Å². The van der Waals surface area contributed by atoms with E-state index in [0.717, 1.165) is 41.2 Å². The highest BCUT2D eigenvalue weighted by Crippen LogP contribution is 2.24. The van der Waals surface area contributed by atoms with Crippen LogP contribution in [-0.2, 0) is 26.3 Å². The van der Waals surface area contributed by atoms with Gasteiger partial charge in [-0.05, 0) is 30.4 Å². The van der Waals surface area contributed by atoms with Crippen molar-refractivity contribution in [3.05, 3.63) is 28.0 Å². The molecule has 1 atom stereocenters. The van der Waals surface area contributed by atoms with E-state index in [2.05, 4.69) is 40.0 Å². The van der Waals surface area contributed by atoms with E-state index in [1.54, 1.807) is 0 Å². The minimum Gasteiger partial charge on any atom is -0.272 e. The number of rotatable bonds is 6. The van der Waals surface area contributed by atoms with Gasteiger partial charge in [0.15, 0.2) is 0 Å². The van der Waals surface area contributed by atoms with Crippen molar-refractivity contribution in [2.45, 2.75) is 39.2 Å². The van der Waals surface area contributed by atoms with Gasteiger partial charge in [-0.1, -0.05) is 18.3 Å². The first-order valence-corrected chi connectivity index (χ1v) is 7.25. The monoisotopic (exact) mass is 280 g/mol. The maximum Gasteiger partial charge on any atom is 0.0801 e. The molecule has 0 saturated heterocycles. The molecule has 0 radical (unpaired) electrons. The molecule has 0 amide bonds. The molecule has 0 fully saturated rings. The topological polar surface area (TPSA) is 81.6 Å². The van der Waals surface area contributed by atoms with Gasteiger partial charge < -0.3 is 0 Å². The van der Waals surface area contributed by atoms with Crippen LogP contribution in [0, 0.1) is 0 Å². The summed E-state index contributed by atoms with van der Waals surface area (Å²) < 4.78 is 5.94. The molecule has 0 bridgehead atoms. The molecule has 19 heavy (non-hydrogen) atoms. The van der Waals surface area contributed by atoms with Gasteiger partial charge in [0.05, 0.1) is 22.3 Å². The number of nitrogens with one attached hydrogen (secondary N) is 1. The zero-order chi connectivity index (χ0) is 13.8. The SMILES string of the molecule is CCc1cc(CC(NN)c2snnc2CC)n(C)n1. The van der Waals surface area contributed by atoms with E-state index in [1.165, 1.54) is 11.5 Å². The average Bonchev–Trinajstić information content (AvgIpc) is 3.02. The lowest BCUT2D eigenvalue weighted by atomic mass is 10.1. The van der Waals surface area contributed by atoms with Crippen LogP contribution < -0.4 is 11.3 Å². The molecule has 2 rings (SSSR count). The number of hydrazine groups is 1. The molecule has 2 aromatic heterocycles. The molecule has 0 aliphatic carbocycles. The predicted molar refractivity (Wildman–Crippen MR) is 75.6 cm³/mol. The highest BCUT2D eigenvalue weighted by atomic mass is 32.1. The highest BCUT2D eigenvalue weighted by molar-refractivity contribution is 7.05. The Morgan fingerprint density at radius 1 is 1.42 bits per heavy atom. The summed E-state index contributed by atoms with van der Waals surface area (Å²) in [6.07, 6.45) is 2.60. The normalized spacial score (nSPS) is 12.8. The quantitative estimate of drug-likeness (QED) is 0.612. The summed E-state index contributed by atoms with van der Waals surface area (Å²) in [5, 5.41) is 8.60. The zero-order valence-corrected chi connectivity index (χ0v) is 12.4. The molecule has 0 aromatic carbocycles. The molecule has 1 unspecified atom stereocenters. The van der Waals surface area contributed by atoms with Gasteiger partial charge in [0.2, 0.25) is 0 Å². The first-order valence-electron chi connectivity index (χ1n) is 6.48. The Hall–Kier alpha value is -1.31. The average molecular weight is 280 g/mol. The summed E-state index contributed by atoms with van der Waals surface area (Å²) in [4.78, 5) is 1.12. The summed E-state index contributed by atoms with van der Waals surface area (Å²) in [5.41, 5.74) is 6.16. The fourth-order valence-corrected chi connectivity index (χ4v) is 2.89. The Morgan fingerprint density at radius 3 is 2.79 bits per heavy atom. The molecule has 2 heterocycles. The van der Waals surface area contributed by atoms with Crippen LogP contribution >= 0.6 is 11.5 Å². The number of nitrogens with two attached hydrogens (primary N) is 1. The molecule has 2 aromatic rings. The number of hydrogen-bond donors (Lipinski definition) is 2. The van der Waals surface area contributed by atoms with Crippen LogP contribution in [0.1, 0.15) is 41.8 Å². The van der Waals surface area contributed by atoms with Crippen molar-refractivity contribution in [1.82, 2.24) is 24.8 Å². The van der Waals surface area contributed by atoms with E-state index < -0.39 is 0 Å². The van der Waals surface area contributed by atoms with E-state index in [1.807, 2.05) is 11.7 Å². The third-order valence-corrected chi connectivity index (χ3v) is 4.12. The van der Waals surface area contributed by atoms with E-state index in [0.29, 0.717) is 0 Å². The molecular weight excluding hydrogens is 260 g/mol. The van der Waals surface area contributed by atoms with Gasteiger partial charge in [-0.15, -0.1) is 5.10 Å². The minimum absolute atomic E-state index is 0.0371. The van der Waals surface area contributed by atoms with Gasteiger partial charge in [0, 0.05) is 19.2 Å². The van der Waals surface area contributed by atoms with Gasteiger partial charge in [-0.25, -0.2) is 0 Å². The van der Waals surface area contributed by atoms with Crippen LogP contribution in [0.4, 0.5) is 0 Å². The molecular formula is C12H20N6S. The van der Waals surface area contributed by atoms with Crippen LogP contribution in [0.3, 0.4) is 0 Å². The molecule has 104 valence electrons. The molecule has 0 saturated carbocycles. The summed E-state index contributed by atoms with van der Waals surface area (Å²) >= 11 is 1.41. The standard InChI is InChI=1S/C12H20N6S/c1-4-8-6-9(18(3)16-8)7-11(14-13)12-10(5-2)15-17-19-12/h6,11,14H,4-5,7,13H2,1-3H3. The van der Waals surface area contributed by atoms with Crippen molar-refractivity contribution >= 4 is 11.5 Å². The van der Waals surface area contributed by atoms with Crippen LogP contribution in [0.5, 0.6) is 0 Å². The van der Waals surface area contributed by atoms with Crippen LogP contribution in [0.2, 0.25) is 0 Å². The minimum atomic E-state index is 0.0371. The van der Waals surface area contributed by atoms with Crippen molar-refractivity contribution in [1.29, 1.82) is 0 Å². The fourth-order valence-electron chi connectivity index (χ4n) is 2.10. The van der Waals surface area contributed by atoms with Crippen LogP contribution in [0.15, 0.2) is 6.07 Å². The molecule has 0 aliphatic heterocycles. The molecule has 3 N–H and O–H groups in total. The van der Waals surface area contributed by atoms with Crippen LogP contribution in [0.25, 0.3) is 0 Å². The Bertz CT molecular complexity index is 532. The Morgan fingerprint density at radius 2 is 2.21 bits per heavy atom. The second kappa shape index (κ2) is 6.23. The van der Waals surface area contributed by atoms with Crippen LogP contribution in [-0.4, -0.2) is 19.4 Å². The largest absolute Gasteiger partial charge is 0.272 e. The van der Waals surface area contributed by atoms with E-state index in [9.17, 15) is 0 Å². The number of aryl methyl sites for hydroxylation is 3. The molecule has 0 aliphatic rings. The summed E-state index contributed by atoms with van der Waals surface area (Å²) in [5.74, 6) is 5.70. The second-order valence-corrected chi connectivity index (χ2v) is 5.25. The predicted octanol–water partition coefficient (Wildman–Crippen LogP) is 1.14. The summed E-state index contributed by atoms with van der Waals surface area (Å²) in [6.45, 7) is 4.18. The third kappa shape index (κ3) is 2.99. The Labute approximate surface area is 117 Å². The van der Waals surface area contributed by atoms with Crippen molar-refractivity contribution < 1.29 is 0 Å². The second-order valence-electron chi connectivity index (χ2n) is 4.46. The number of nitrogens with zero attached hydrogens (tertiary/aromatic N) is 4. The summed E-state index contributed by atoms with van der Waals surface area (Å²) in [6, 6.07) is 2.17. The van der Waals surface area contributed by atoms with E-state index >= 15 is 0 Å². The third-order valence-electron chi connectivity index (χ3n) is 3.24. The summed E-state index contributed by atoms with van der Waals surface area (Å²) in [7, 11) is 1.97. The van der Waals surface area contributed by atoms with Crippen molar-refractivity contribution in [3.8, 4) is 0 Å². The Kier molecular flexibility index (Phi) is 4.62. The van der Waals surface area contributed by atoms with Gasteiger partial charge in [0.25, 0.3) is 0 Å². The zero-order valence-electron chi connectivity index (χ0n) is 11.6. The van der Waals surface area contributed by atoms with E-state index in [4.69, 9.17) is 5.84 Å². The maximum absolute atomic E-state index is 5.70. The lowest BCUT2D eigenvalue weighted by Gasteiger charge is -2.14. The lowest BCUT2D eigenvalue weighted by Crippen LogP contribution is -2.30. The first kappa shape index (κ1) is 14.1. The van der Waals surface area contributed by atoms with Gasteiger partial charge >= 0.3 is 0 Å². The smallest absolute Gasteiger partial charge is 0.0801 e. The van der Waals surface area contributed by atoms with Gasteiger partial charge in [-0.3, -0.25) is 16.0 Å². The molecule has 7 heteroatoms. The lowest BCUT2D eigenvalue weighted by molar-refractivity contribution is 0.533. The molecule has 6 nitrogen and oxygen atoms in total. The fraction of sp³-hybridized carbons (Fsp3) is 0.583. The Balaban J connectivity index is 2.21. The first-order chi connectivity index (χ1) is 9.19. The van der Waals surface area contributed by atoms with Gasteiger partial charge in [0.1, 0.15) is 0 Å². The maximum atomic E-state index is 5.70. The highest BCUT2D eigenvalue weighted by Gasteiger charge is 2.19. The van der Waals surface area contributed by atoms with Crippen molar-refractivity contribution in [2.24, 2.45) is 12.9 Å².